The van der Waals surface area contributed by atoms with Gasteiger partial charge in [-0.15, -0.1) is 0 Å². The Labute approximate surface area is 177 Å². The van der Waals surface area contributed by atoms with Gasteiger partial charge in [0.25, 0.3) is 5.91 Å². The van der Waals surface area contributed by atoms with Crippen LogP contribution in [0.3, 0.4) is 0 Å². The largest absolute Gasteiger partial charge is 0.321 e. The van der Waals surface area contributed by atoms with E-state index in [-0.39, 0.29) is 24.0 Å². The Bertz CT molecular complexity index is 1240. The molecular weight excluding hydrogens is 400 g/mol. The molecule has 0 saturated carbocycles. The highest BCUT2D eigenvalue weighted by molar-refractivity contribution is 6.02. The van der Waals surface area contributed by atoms with Crippen LogP contribution >= 0.6 is 0 Å². The van der Waals surface area contributed by atoms with Gasteiger partial charge in [-0.05, 0) is 43.7 Å². The van der Waals surface area contributed by atoms with Crippen molar-refractivity contribution < 1.29 is 9.72 Å². The molecule has 11 heteroatoms. The van der Waals surface area contributed by atoms with E-state index in [0.29, 0.717) is 23.6 Å². The van der Waals surface area contributed by atoms with Crippen LogP contribution in [0.25, 0.3) is 0 Å². The number of amides is 1. The number of hydrogen-bond donors (Lipinski definition) is 1. The minimum absolute atomic E-state index is 0.0138. The van der Waals surface area contributed by atoms with Crippen molar-refractivity contribution >= 4 is 17.3 Å². The molecular formula is C20H20N8O3. The number of carbonyl (C=O) groups excluding carboxylic acids is 1. The molecule has 0 bridgehead atoms. The fourth-order valence-corrected chi connectivity index (χ4v) is 3.31. The molecule has 0 radical (unpaired) electrons. The first-order valence-corrected chi connectivity index (χ1v) is 9.50. The Morgan fingerprint density at radius 3 is 2.68 bits per heavy atom. The number of aromatic nitrogens is 6. The molecule has 4 aromatic rings. The maximum absolute atomic E-state index is 12.6. The van der Waals surface area contributed by atoms with Gasteiger partial charge in [-0.25, -0.2) is 4.68 Å². The molecule has 0 aliphatic heterocycles. The van der Waals surface area contributed by atoms with Crippen molar-refractivity contribution in [1.29, 1.82) is 0 Å². The van der Waals surface area contributed by atoms with E-state index in [0.717, 1.165) is 5.56 Å². The molecule has 1 aromatic carbocycles. The maximum Gasteiger partial charge on any atom is 0.312 e. The van der Waals surface area contributed by atoms with Crippen molar-refractivity contribution in [1.82, 2.24) is 29.3 Å². The normalized spacial score (nSPS) is 10.9. The zero-order valence-electron chi connectivity index (χ0n) is 17.0. The van der Waals surface area contributed by atoms with Crippen LogP contribution in [0, 0.1) is 24.0 Å². The lowest BCUT2D eigenvalue weighted by atomic mass is 10.2. The fourth-order valence-electron chi connectivity index (χ4n) is 3.31. The summed E-state index contributed by atoms with van der Waals surface area (Å²) in [6.45, 7) is 3.98. The smallest absolute Gasteiger partial charge is 0.312 e. The fraction of sp³-hybridized carbons (Fsp3) is 0.200. The van der Waals surface area contributed by atoms with Crippen LogP contribution in [-0.2, 0) is 13.2 Å². The van der Waals surface area contributed by atoms with Crippen molar-refractivity contribution in [3.05, 3.63) is 87.7 Å². The quantitative estimate of drug-likeness (QED) is 0.362. The molecule has 11 nitrogen and oxygen atoms in total. The van der Waals surface area contributed by atoms with Crippen LogP contribution in [0.5, 0.6) is 0 Å². The summed E-state index contributed by atoms with van der Waals surface area (Å²) in [6, 6.07) is 10.9. The van der Waals surface area contributed by atoms with Crippen molar-refractivity contribution in [3.8, 4) is 0 Å². The molecule has 1 N–H and O–H groups in total. The molecule has 0 spiro atoms. The van der Waals surface area contributed by atoms with Gasteiger partial charge in [0, 0.05) is 24.3 Å². The highest BCUT2D eigenvalue weighted by Crippen LogP contribution is 2.21. The van der Waals surface area contributed by atoms with E-state index in [1.807, 2.05) is 30.5 Å². The van der Waals surface area contributed by atoms with E-state index in [4.69, 9.17) is 0 Å². The molecule has 0 aliphatic carbocycles. The average Bonchev–Trinajstić information content (AvgIpc) is 3.44. The lowest BCUT2D eigenvalue weighted by molar-refractivity contribution is -0.386. The molecule has 158 valence electrons. The van der Waals surface area contributed by atoms with Crippen molar-refractivity contribution in [2.45, 2.75) is 27.1 Å². The summed E-state index contributed by atoms with van der Waals surface area (Å²) < 4.78 is 4.79. The third-order valence-electron chi connectivity index (χ3n) is 4.77. The Kier molecular flexibility index (Phi) is 5.31. The molecule has 3 heterocycles. The van der Waals surface area contributed by atoms with E-state index in [9.17, 15) is 14.9 Å². The Morgan fingerprint density at radius 1 is 1.13 bits per heavy atom. The monoisotopic (exact) mass is 420 g/mol. The van der Waals surface area contributed by atoms with Gasteiger partial charge < -0.3 is 5.32 Å². The highest BCUT2D eigenvalue weighted by atomic mass is 16.6. The molecule has 0 unspecified atom stereocenters. The summed E-state index contributed by atoms with van der Waals surface area (Å²) in [4.78, 5) is 23.3. The summed E-state index contributed by atoms with van der Waals surface area (Å²) >= 11 is 0. The summed E-state index contributed by atoms with van der Waals surface area (Å²) in [6.07, 6.45) is 5.22. The van der Waals surface area contributed by atoms with Crippen LogP contribution in [0.1, 0.15) is 27.4 Å². The highest BCUT2D eigenvalue weighted by Gasteiger charge is 2.22. The van der Waals surface area contributed by atoms with Gasteiger partial charge >= 0.3 is 5.69 Å². The van der Waals surface area contributed by atoms with Crippen molar-refractivity contribution in [2.24, 2.45) is 0 Å². The van der Waals surface area contributed by atoms with Crippen LogP contribution < -0.4 is 5.32 Å². The number of anilines is 1. The van der Waals surface area contributed by atoms with Gasteiger partial charge in [0.1, 0.15) is 18.1 Å². The van der Waals surface area contributed by atoms with Crippen molar-refractivity contribution in [2.75, 3.05) is 5.32 Å². The summed E-state index contributed by atoms with van der Waals surface area (Å²) in [7, 11) is 0. The second-order valence-electron chi connectivity index (χ2n) is 7.02. The van der Waals surface area contributed by atoms with Gasteiger partial charge in [-0.2, -0.15) is 15.3 Å². The van der Waals surface area contributed by atoms with Crippen LogP contribution in [-0.4, -0.2) is 40.2 Å². The van der Waals surface area contributed by atoms with E-state index < -0.39 is 4.92 Å². The van der Waals surface area contributed by atoms with Crippen LogP contribution in [0.2, 0.25) is 0 Å². The number of hydrogen-bond acceptors (Lipinski definition) is 6. The lowest BCUT2D eigenvalue weighted by Gasteiger charge is -2.07. The van der Waals surface area contributed by atoms with E-state index in [1.54, 1.807) is 43.1 Å². The van der Waals surface area contributed by atoms with Gasteiger partial charge in [0.05, 0.1) is 11.5 Å². The minimum atomic E-state index is -0.448. The first-order valence-electron chi connectivity index (χ1n) is 9.50. The summed E-state index contributed by atoms with van der Waals surface area (Å²) in [5, 5.41) is 26.6. The predicted molar refractivity (Wildman–Crippen MR) is 112 cm³/mol. The second-order valence-corrected chi connectivity index (χ2v) is 7.02. The van der Waals surface area contributed by atoms with Gasteiger partial charge in [-0.1, -0.05) is 12.1 Å². The Morgan fingerprint density at radius 2 is 1.97 bits per heavy atom. The third-order valence-corrected chi connectivity index (χ3v) is 4.77. The molecule has 4 rings (SSSR count). The Hall–Kier alpha value is -4.28. The van der Waals surface area contributed by atoms with Crippen LogP contribution in [0.4, 0.5) is 11.4 Å². The molecule has 31 heavy (non-hydrogen) atoms. The number of nitro groups is 1. The summed E-state index contributed by atoms with van der Waals surface area (Å²) in [5.41, 5.74) is 2.63. The third kappa shape index (κ3) is 4.34. The van der Waals surface area contributed by atoms with Crippen LogP contribution in [0.15, 0.2) is 55.0 Å². The Balaban J connectivity index is 1.44. The zero-order chi connectivity index (χ0) is 22.0. The molecule has 0 atom stereocenters. The SMILES string of the molecule is Cc1nn(Cn2ccc(C(=O)Nc3cccc(Cn4cccn4)c3)n2)c(C)c1[N+](=O)[O-]. The number of benzene rings is 1. The minimum Gasteiger partial charge on any atom is -0.321 e. The number of nitrogens with zero attached hydrogens (tertiary/aromatic N) is 7. The first kappa shape index (κ1) is 20.0. The van der Waals surface area contributed by atoms with Gasteiger partial charge in [-0.3, -0.25) is 24.3 Å². The number of rotatable bonds is 7. The van der Waals surface area contributed by atoms with Crippen molar-refractivity contribution in [3.63, 3.8) is 0 Å². The van der Waals surface area contributed by atoms with E-state index in [2.05, 4.69) is 20.6 Å². The average molecular weight is 420 g/mol. The van der Waals surface area contributed by atoms with E-state index >= 15 is 0 Å². The standard InChI is InChI=1S/C20H20N8O3/c1-14-19(28(30)31)15(2)27(23-14)13-26-10-7-18(24-26)20(29)22-17-6-3-5-16(11-17)12-25-9-4-8-21-25/h3-11H,12-13H2,1-2H3,(H,22,29). The number of carbonyl (C=O) groups is 1. The maximum atomic E-state index is 12.6. The lowest BCUT2D eigenvalue weighted by Crippen LogP contribution is -2.16. The molecule has 1 amide bonds. The van der Waals surface area contributed by atoms with Gasteiger partial charge in [0.2, 0.25) is 0 Å². The second kappa shape index (κ2) is 8.22. The molecule has 0 fully saturated rings. The molecule has 0 aliphatic rings. The molecule has 0 saturated heterocycles. The topological polar surface area (TPSA) is 126 Å². The molecule has 3 aromatic heterocycles. The van der Waals surface area contributed by atoms with Gasteiger partial charge in [0.15, 0.2) is 5.69 Å². The predicted octanol–water partition coefficient (Wildman–Crippen LogP) is 2.61. The van der Waals surface area contributed by atoms with E-state index in [1.165, 1.54) is 9.36 Å². The zero-order valence-corrected chi connectivity index (χ0v) is 17.0. The number of aryl methyl sites for hydroxylation is 1. The number of nitrogens with one attached hydrogen (secondary N) is 1. The first-order chi connectivity index (χ1) is 14.9. The summed E-state index contributed by atoms with van der Waals surface area (Å²) in [5.74, 6) is -0.352.